The second-order valence-corrected chi connectivity index (χ2v) is 4.21. The highest BCUT2D eigenvalue weighted by Crippen LogP contribution is 2.20. The van der Waals surface area contributed by atoms with Gasteiger partial charge in [0.05, 0.1) is 12.3 Å². The Hall–Kier alpha value is -2.44. The molecule has 0 saturated heterocycles. The summed E-state index contributed by atoms with van der Waals surface area (Å²) >= 11 is 0. The van der Waals surface area contributed by atoms with E-state index in [9.17, 15) is 13.6 Å². The highest BCUT2D eigenvalue weighted by molar-refractivity contribution is 6.05. The normalized spacial score (nSPS) is 10.5. The molecular weight excluding hydrogens is 280 g/mol. The lowest BCUT2D eigenvalue weighted by molar-refractivity contribution is 0.102. The minimum atomic E-state index is -0.843. The Labute approximate surface area is 120 Å². The van der Waals surface area contributed by atoms with E-state index >= 15 is 0 Å². The van der Waals surface area contributed by atoms with E-state index in [1.807, 2.05) is 6.92 Å². The molecule has 0 fully saturated rings. The van der Waals surface area contributed by atoms with Crippen molar-refractivity contribution in [3.63, 3.8) is 0 Å². The van der Waals surface area contributed by atoms with Gasteiger partial charge in [-0.1, -0.05) is 0 Å². The quantitative estimate of drug-likeness (QED) is 0.922. The van der Waals surface area contributed by atoms with Crippen LogP contribution < -0.4 is 10.1 Å². The maximum Gasteiger partial charge on any atom is 0.262 e. The molecule has 0 aliphatic heterocycles. The molecule has 2 aromatic rings. The van der Waals surface area contributed by atoms with E-state index in [2.05, 4.69) is 10.4 Å². The van der Waals surface area contributed by atoms with Crippen molar-refractivity contribution in [3.05, 3.63) is 41.6 Å². The van der Waals surface area contributed by atoms with E-state index in [1.165, 1.54) is 6.20 Å². The van der Waals surface area contributed by atoms with Gasteiger partial charge in [0.1, 0.15) is 17.2 Å². The van der Waals surface area contributed by atoms with Crippen molar-refractivity contribution in [1.82, 2.24) is 9.78 Å². The Morgan fingerprint density at radius 3 is 2.76 bits per heavy atom. The van der Waals surface area contributed by atoms with Crippen molar-refractivity contribution in [2.75, 3.05) is 11.9 Å². The number of nitrogens with zero attached hydrogens (tertiary/aromatic N) is 2. The van der Waals surface area contributed by atoms with E-state index in [-0.39, 0.29) is 17.1 Å². The summed E-state index contributed by atoms with van der Waals surface area (Å²) in [4.78, 5) is 12.2. The number of rotatable bonds is 5. The smallest absolute Gasteiger partial charge is 0.262 e. The summed E-state index contributed by atoms with van der Waals surface area (Å²) in [5.74, 6) is -1.94. The van der Waals surface area contributed by atoms with Crippen molar-refractivity contribution >= 4 is 11.6 Å². The molecule has 0 atom stereocenters. The summed E-state index contributed by atoms with van der Waals surface area (Å²) in [5.41, 5.74) is 0.0931. The van der Waals surface area contributed by atoms with Crippen molar-refractivity contribution in [1.29, 1.82) is 0 Å². The molecule has 112 valence electrons. The first kappa shape index (κ1) is 15.0. The van der Waals surface area contributed by atoms with Crippen LogP contribution in [0.15, 0.2) is 24.4 Å². The average Bonchev–Trinajstić information content (AvgIpc) is 2.85. The largest absolute Gasteiger partial charge is 0.476 e. The van der Waals surface area contributed by atoms with Gasteiger partial charge >= 0.3 is 0 Å². The molecule has 0 bridgehead atoms. The number of benzene rings is 1. The average molecular weight is 295 g/mol. The van der Waals surface area contributed by atoms with Crippen LogP contribution in [0.3, 0.4) is 0 Å². The lowest BCUT2D eigenvalue weighted by Crippen LogP contribution is -2.14. The van der Waals surface area contributed by atoms with Gasteiger partial charge in [0, 0.05) is 18.8 Å². The minimum Gasteiger partial charge on any atom is -0.476 e. The SMILES string of the molecule is CCOc1nn(CC)cc1C(=O)Nc1ccc(F)cc1F. The molecule has 0 aliphatic carbocycles. The molecule has 0 unspecified atom stereocenters. The number of carbonyl (C=O) groups is 1. The molecule has 2 rings (SSSR count). The topological polar surface area (TPSA) is 56.2 Å². The van der Waals surface area contributed by atoms with Gasteiger partial charge in [-0.15, -0.1) is 5.10 Å². The van der Waals surface area contributed by atoms with Crippen LogP contribution in [0.5, 0.6) is 5.88 Å². The monoisotopic (exact) mass is 295 g/mol. The highest BCUT2D eigenvalue weighted by atomic mass is 19.1. The second kappa shape index (κ2) is 6.34. The number of anilines is 1. The number of carbonyl (C=O) groups excluding carboxylic acids is 1. The summed E-state index contributed by atoms with van der Waals surface area (Å²) in [7, 11) is 0. The molecule has 1 aromatic heterocycles. The fraction of sp³-hybridized carbons (Fsp3) is 0.286. The van der Waals surface area contributed by atoms with Gasteiger partial charge in [-0.2, -0.15) is 0 Å². The number of ether oxygens (including phenoxy) is 1. The number of halogens is 2. The third kappa shape index (κ3) is 3.36. The van der Waals surface area contributed by atoms with Crippen LogP contribution in [0, 0.1) is 11.6 Å². The molecule has 1 amide bonds. The summed E-state index contributed by atoms with van der Waals surface area (Å²) in [6.45, 7) is 4.56. The maximum absolute atomic E-state index is 13.5. The number of hydrogen-bond acceptors (Lipinski definition) is 3. The molecule has 0 saturated carbocycles. The fourth-order valence-electron chi connectivity index (χ4n) is 1.75. The first-order valence-corrected chi connectivity index (χ1v) is 6.51. The van der Waals surface area contributed by atoms with E-state index < -0.39 is 17.5 Å². The Bertz CT molecular complexity index is 656. The van der Waals surface area contributed by atoms with Crippen LogP contribution in [0.2, 0.25) is 0 Å². The molecular formula is C14H15F2N3O2. The Morgan fingerprint density at radius 1 is 1.38 bits per heavy atom. The number of nitrogens with one attached hydrogen (secondary N) is 1. The van der Waals surface area contributed by atoms with Gasteiger partial charge in [0.25, 0.3) is 5.91 Å². The molecule has 7 heteroatoms. The maximum atomic E-state index is 13.5. The molecule has 21 heavy (non-hydrogen) atoms. The van der Waals surface area contributed by atoms with Gasteiger partial charge in [-0.05, 0) is 26.0 Å². The molecule has 0 aliphatic rings. The second-order valence-electron chi connectivity index (χ2n) is 4.21. The van der Waals surface area contributed by atoms with Crippen LogP contribution in [0.4, 0.5) is 14.5 Å². The minimum absolute atomic E-state index is 0.104. The molecule has 0 radical (unpaired) electrons. The van der Waals surface area contributed by atoms with E-state index in [4.69, 9.17) is 4.74 Å². The summed E-state index contributed by atoms with van der Waals surface area (Å²) in [5, 5.41) is 6.47. The Morgan fingerprint density at radius 2 is 2.14 bits per heavy atom. The lowest BCUT2D eigenvalue weighted by atomic mass is 10.2. The van der Waals surface area contributed by atoms with E-state index in [0.29, 0.717) is 19.2 Å². The molecule has 1 N–H and O–H groups in total. The zero-order valence-corrected chi connectivity index (χ0v) is 11.7. The third-order valence-corrected chi connectivity index (χ3v) is 2.76. The standard InChI is InChI=1S/C14H15F2N3O2/c1-3-19-8-10(14(18-19)21-4-2)13(20)17-12-6-5-9(15)7-11(12)16/h5-8H,3-4H2,1-2H3,(H,17,20). The van der Waals surface area contributed by atoms with Crippen molar-refractivity contribution in [2.24, 2.45) is 0 Å². The van der Waals surface area contributed by atoms with Crippen LogP contribution in [0.25, 0.3) is 0 Å². The molecule has 5 nitrogen and oxygen atoms in total. The lowest BCUT2D eigenvalue weighted by Gasteiger charge is -2.06. The van der Waals surface area contributed by atoms with E-state index in [0.717, 1.165) is 12.1 Å². The molecule has 0 spiro atoms. The van der Waals surface area contributed by atoms with Crippen LogP contribution in [-0.4, -0.2) is 22.3 Å². The number of aromatic nitrogens is 2. The predicted octanol–water partition coefficient (Wildman–Crippen LogP) is 2.83. The highest BCUT2D eigenvalue weighted by Gasteiger charge is 2.18. The van der Waals surface area contributed by atoms with Crippen molar-refractivity contribution in [2.45, 2.75) is 20.4 Å². The van der Waals surface area contributed by atoms with Gasteiger partial charge in [-0.3, -0.25) is 9.48 Å². The van der Waals surface area contributed by atoms with Gasteiger partial charge in [0.15, 0.2) is 0 Å². The predicted molar refractivity (Wildman–Crippen MR) is 73.4 cm³/mol. The first-order valence-electron chi connectivity index (χ1n) is 6.51. The van der Waals surface area contributed by atoms with Crippen molar-refractivity contribution < 1.29 is 18.3 Å². The Balaban J connectivity index is 2.25. The van der Waals surface area contributed by atoms with Crippen LogP contribution >= 0.6 is 0 Å². The fourth-order valence-corrected chi connectivity index (χ4v) is 1.75. The number of hydrogen-bond donors (Lipinski definition) is 1. The number of aryl methyl sites for hydroxylation is 1. The molecule has 1 aromatic carbocycles. The first-order chi connectivity index (χ1) is 10.0. The van der Waals surface area contributed by atoms with Crippen molar-refractivity contribution in [3.8, 4) is 5.88 Å². The van der Waals surface area contributed by atoms with Crippen LogP contribution in [0.1, 0.15) is 24.2 Å². The zero-order chi connectivity index (χ0) is 15.4. The summed E-state index contributed by atoms with van der Waals surface area (Å²) in [6.07, 6.45) is 1.52. The summed E-state index contributed by atoms with van der Waals surface area (Å²) < 4.78 is 33.2. The van der Waals surface area contributed by atoms with Gasteiger partial charge in [0.2, 0.25) is 5.88 Å². The Kier molecular flexibility index (Phi) is 4.52. The van der Waals surface area contributed by atoms with E-state index in [1.54, 1.807) is 11.6 Å². The van der Waals surface area contributed by atoms with Gasteiger partial charge < -0.3 is 10.1 Å². The zero-order valence-electron chi connectivity index (χ0n) is 11.7. The molecule has 1 heterocycles. The number of amides is 1. The third-order valence-electron chi connectivity index (χ3n) is 2.76. The van der Waals surface area contributed by atoms with Gasteiger partial charge in [-0.25, -0.2) is 8.78 Å². The summed E-state index contributed by atoms with van der Waals surface area (Å²) in [6, 6.07) is 2.93. The van der Waals surface area contributed by atoms with Crippen LogP contribution in [-0.2, 0) is 6.54 Å².